The second kappa shape index (κ2) is 8.51. The molecule has 4 nitrogen and oxygen atoms in total. The highest BCUT2D eigenvalue weighted by Crippen LogP contribution is 2.31. The van der Waals surface area contributed by atoms with Crippen LogP contribution >= 0.6 is 23.2 Å². The van der Waals surface area contributed by atoms with Crippen LogP contribution in [0.25, 0.3) is 12.2 Å². The molecule has 0 aliphatic carbocycles. The molecule has 6 heteroatoms. The van der Waals surface area contributed by atoms with Crippen molar-refractivity contribution < 1.29 is 19.8 Å². The van der Waals surface area contributed by atoms with Crippen LogP contribution in [0.3, 0.4) is 0 Å². The molecular formula is C19H14Cl2O4. The largest absolute Gasteiger partial charge is 0.508 e. The molecular weight excluding hydrogens is 363 g/mol. The summed E-state index contributed by atoms with van der Waals surface area (Å²) >= 11 is 11.6. The number of halogens is 2. The van der Waals surface area contributed by atoms with Crippen LogP contribution in [0.15, 0.2) is 48.6 Å². The van der Waals surface area contributed by atoms with Crippen LogP contribution in [0.4, 0.5) is 0 Å². The monoisotopic (exact) mass is 376 g/mol. The maximum atomic E-state index is 11.8. The molecule has 0 unspecified atom stereocenters. The van der Waals surface area contributed by atoms with Gasteiger partial charge in [0.1, 0.15) is 11.5 Å². The van der Waals surface area contributed by atoms with Crippen molar-refractivity contribution >= 4 is 46.9 Å². The molecule has 128 valence electrons. The van der Waals surface area contributed by atoms with Crippen molar-refractivity contribution in [2.45, 2.75) is 6.42 Å². The number of allylic oxidation sites excluding steroid dienone is 2. The number of hydrogen-bond acceptors (Lipinski definition) is 4. The van der Waals surface area contributed by atoms with Crippen LogP contribution in [-0.2, 0) is 9.59 Å². The van der Waals surface area contributed by atoms with Gasteiger partial charge in [-0.05, 0) is 48.1 Å². The number of carbonyl (C=O) groups is 2. The van der Waals surface area contributed by atoms with Gasteiger partial charge in [0.15, 0.2) is 11.6 Å². The van der Waals surface area contributed by atoms with Crippen molar-refractivity contribution in [1.82, 2.24) is 0 Å². The van der Waals surface area contributed by atoms with E-state index in [9.17, 15) is 19.8 Å². The molecule has 0 bridgehead atoms. The van der Waals surface area contributed by atoms with Gasteiger partial charge in [0.2, 0.25) is 0 Å². The van der Waals surface area contributed by atoms with E-state index in [2.05, 4.69) is 0 Å². The molecule has 0 saturated carbocycles. The van der Waals surface area contributed by atoms with E-state index in [-0.39, 0.29) is 34.3 Å². The Morgan fingerprint density at radius 3 is 2.16 bits per heavy atom. The molecule has 0 spiro atoms. The van der Waals surface area contributed by atoms with Crippen LogP contribution in [0.2, 0.25) is 10.0 Å². The topological polar surface area (TPSA) is 74.6 Å². The summed E-state index contributed by atoms with van der Waals surface area (Å²) in [5.41, 5.74) is 1.02. The molecule has 0 radical (unpaired) electrons. The van der Waals surface area contributed by atoms with Crippen molar-refractivity contribution in [3.8, 4) is 11.5 Å². The third-order valence-electron chi connectivity index (χ3n) is 3.21. The number of phenols is 2. The zero-order chi connectivity index (χ0) is 18.4. The summed E-state index contributed by atoms with van der Waals surface area (Å²) in [7, 11) is 0. The Labute approximate surface area is 154 Å². The van der Waals surface area contributed by atoms with Crippen LogP contribution < -0.4 is 0 Å². The van der Waals surface area contributed by atoms with Crippen LogP contribution in [-0.4, -0.2) is 21.8 Å². The summed E-state index contributed by atoms with van der Waals surface area (Å²) in [6.45, 7) is 0. The van der Waals surface area contributed by atoms with Gasteiger partial charge in [0.05, 0.1) is 11.4 Å². The van der Waals surface area contributed by atoms with Crippen molar-refractivity contribution in [3.63, 3.8) is 0 Å². The Morgan fingerprint density at radius 2 is 1.52 bits per heavy atom. The molecule has 0 fully saturated rings. The van der Waals surface area contributed by atoms with E-state index in [0.29, 0.717) is 5.02 Å². The number of benzene rings is 2. The smallest absolute Gasteiger partial charge is 0.163 e. The van der Waals surface area contributed by atoms with Gasteiger partial charge in [0.25, 0.3) is 0 Å². The zero-order valence-electron chi connectivity index (χ0n) is 12.9. The third kappa shape index (κ3) is 5.78. The third-order valence-corrected chi connectivity index (χ3v) is 3.72. The van der Waals surface area contributed by atoms with Gasteiger partial charge in [-0.3, -0.25) is 9.59 Å². The molecule has 0 aliphatic heterocycles. The molecule has 2 N–H and O–H groups in total. The second-order valence-corrected chi connectivity index (χ2v) is 6.04. The van der Waals surface area contributed by atoms with Gasteiger partial charge >= 0.3 is 0 Å². The van der Waals surface area contributed by atoms with Gasteiger partial charge in [-0.15, -0.1) is 0 Å². The summed E-state index contributed by atoms with van der Waals surface area (Å²) in [5, 5.41) is 19.4. The highest BCUT2D eigenvalue weighted by Gasteiger charge is 2.07. The van der Waals surface area contributed by atoms with E-state index in [4.69, 9.17) is 23.2 Å². The first-order valence-corrected chi connectivity index (χ1v) is 7.99. The lowest BCUT2D eigenvalue weighted by atomic mass is 10.1. The number of rotatable bonds is 6. The minimum Gasteiger partial charge on any atom is -0.508 e. The fourth-order valence-electron chi connectivity index (χ4n) is 1.96. The summed E-state index contributed by atoms with van der Waals surface area (Å²) in [4.78, 5) is 23.6. The van der Waals surface area contributed by atoms with Crippen molar-refractivity contribution in [1.29, 1.82) is 0 Å². The van der Waals surface area contributed by atoms with Crippen molar-refractivity contribution in [3.05, 3.63) is 69.7 Å². The van der Waals surface area contributed by atoms with Gasteiger partial charge in [-0.1, -0.05) is 41.4 Å². The molecule has 2 rings (SSSR count). The lowest BCUT2D eigenvalue weighted by Gasteiger charge is -2.02. The molecule has 0 atom stereocenters. The summed E-state index contributed by atoms with van der Waals surface area (Å²) in [5.74, 6) is -0.839. The van der Waals surface area contributed by atoms with Crippen LogP contribution in [0, 0.1) is 0 Å². The van der Waals surface area contributed by atoms with Crippen LogP contribution in [0.1, 0.15) is 17.5 Å². The fourth-order valence-corrected chi connectivity index (χ4v) is 2.47. The molecule has 0 saturated heterocycles. The fraction of sp³-hybridized carbons (Fsp3) is 0.0526. The van der Waals surface area contributed by atoms with Gasteiger partial charge in [-0.2, -0.15) is 0 Å². The van der Waals surface area contributed by atoms with Crippen LogP contribution in [0.5, 0.6) is 11.5 Å². The standard InChI is InChI=1S/C19H14Cl2O4/c20-14-9-13(19(25)18(21)10-14)4-8-17(24)11-16(23)7-3-12-1-5-15(22)6-2-12/h1-10,22,25H,11H2. The summed E-state index contributed by atoms with van der Waals surface area (Å²) in [6, 6.07) is 9.13. The summed E-state index contributed by atoms with van der Waals surface area (Å²) in [6.07, 6.45) is 5.09. The second-order valence-electron chi connectivity index (χ2n) is 5.19. The Kier molecular flexibility index (Phi) is 6.39. The lowest BCUT2D eigenvalue weighted by Crippen LogP contribution is -2.01. The lowest BCUT2D eigenvalue weighted by molar-refractivity contribution is -0.121. The average molecular weight is 377 g/mol. The summed E-state index contributed by atoms with van der Waals surface area (Å²) < 4.78 is 0. The first kappa shape index (κ1) is 18.8. The molecule has 0 aliphatic rings. The van der Waals surface area contributed by atoms with Gasteiger partial charge in [-0.25, -0.2) is 0 Å². The average Bonchev–Trinajstić information content (AvgIpc) is 2.56. The molecule has 2 aromatic rings. The SMILES string of the molecule is O=C(C=Cc1ccc(O)cc1)CC(=O)C=Cc1cc(Cl)cc(Cl)c1O. The molecule has 0 heterocycles. The molecule has 0 aromatic heterocycles. The van der Waals surface area contributed by atoms with E-state index >= 15 is 0 Å². The minimum atomic E-state index is -0.421. The maximum Gasteiger partial charge on any atom is 0.163 e. The first-order chi connectivity index (χ1) is 11.8. The van der Waals surface area contributed by atoms with Crippen molar-refractivity contribution in [2.24, 2.45) is 0 Å². The quantitative estimate of drug-likeness (QED) is 0.567. The Hall–Kier alpha value is -2.56. The van der Waals surface area contributed by atoms with Gasteiger partial charge in [0, 0.05) is 10.6 Å². The highest BCUT2D eigenvalue weighted by atomic mass is 35.5. The Morgan fingerprint density at radius 1 is 0.920 bits per heavy atom. The van der Waals surface area contributed by atoms with E-state index in [1.165, 1.54) is 42.5 Å². The zero-order valence-corrected chi connectivity index (χ0v) is 14.5. The molecule has 2 aromatic carbocycles. The predicted octanol–water partition coefficient (Wildman–Crippen LogP) is 4.66. The normalized spacial score (nSPS) is 11.3. The highest BCUT2D eigenvalue weighted by molar-refractivity contribution is 6.35. The predicted molar refractivity (Wildman–Crippen MR) is 98.9 cm³/mol. The number of carbonyl (C=O) groups excluding carboxylic acids is 2. The van der Waals surface area contributed by atoms with E-state index in [1.807, 2.05) is 0 Å². The number of aromatic hydroxyl groups is 2. The van der Waals surface area contributed by atoms with Crippen molar-refractivity contribution in [2.75, 3.05) is 0 Å². The van der Waals surface area contributed by atoms with E-state index < -0.39 is 5.78 Å². The minimum absolute atomic E-state index is 0.0764. The maximum absolute atomic E-state index is 11.8. The molecule has 0 amide bonds. The first-order valence-electron chi connectivity index (χ1n) is 7.24. The van der Waals surface area contributed by atoms with E-state index in [0.717, 1.165) is 5.56 Å². The number of ketones is 2. The number of hydrogen-bond donors (Lipinski definition) is 2. The Bertz CT molecular complexity index is 852. The van der Waals surface area contributed by atoms with Gasteiger partial charge < -0.3 is 10.2 Å². The number of phenolic OH excluding ortho intramolecular Hbond substituents is 2. The Balaban J connectivity index is 1.97. The van der Waals surface area contributed by atoms with E-state index in [1.54, 1.807) is 18.2 Å². The molecule has 25 heavy (non-hydrogen) atoms.